The summed E-state index contributed by atoms with van der Waals surface area (Å²) in [7, 11) is 0. The maximum atomic E-state index is 12.1. The highest BCUT2D eigenvalue weighted by molar-refractivity contribution is 7.80. The van der Waals surface area contributed by atoms with Gasteiger partial charge in [0.2, 0.25) is 0 Å². The van der Waals surface area contributed by atoms with Gasteiger partial charge >= 0.3 is 0 Å². The maximum Gasteiger partial charge on any atom is 0.253 e. The largest absolute Gasteiger partial charge is 0.392 e. The summed E-state index contributed by atoms with van der Waals surface area (Å²) in [6, 6.07) is 4.33. The molecule has 0 heterocycles. The molecule has 0 aliphatic carbocycles. The van der Waals surface area contributed by atoms with Crippen molar-refractivity contribution in [3.8, 4) is 0 Å². The van der Waals surface area contributed by atoms with Crippen LogP contribution in [-0.2, 0) is 0 Å². The van der Waals surface area contributed by atoms with E-state index in [0.717, 1.165) is 0 Å². The van der Waals surface area contributed by atoms with Crippen LogP contribution >= 0.6 is 35.4 Å². The van der Waals surface area contributed by atoms with Gasteiger partial charge in [-0.3, -0.25) is 4.79 Å². The zero-order valence-corrected chi connectivity index (χ0v) is 12.4. The minimum atomic E-state index is -0.373. The van der Waals surface area contributed by atoms with Crippen LogP contribution < -0.4 is 11.1 Å². The van der Waals surface area contributed by atoms with Gasteiger partial charge in [-0.25, -0.2) is 0 Å². The molecule has 1 aromatic rings. The minimum absolute atomic E-state index is 0.101. The summed E-state index contributed by atoms with van der Waals surface area (Å²) in [5.41, 5.74) is 5.90. The summed E-state index contributed by atoms with van der Waals surface area (Å²) in [6.45, 7) is 3.84. The van der Waals surface area contributed by atoms with Crippen molar-refractivity contribution in [3.63, 3.8) is 0 Å². The summed E-state index contributed by atoms with van der Waals surface area (Å²) in [6.07, 6.45) is 0. The Morgan fingerprint density at radius 2 is 2.00 bits per heavy atom. The van der Waals surface area contributed by atoms with Crippen LogP contribution in [0.3, 0.4) is 0 Å². The van der Waals surface area contributed by atoms with Gasteiger partial charge in [0.25, 0.3) is 5.91 Å². The smallest absolute Gasteiger partial charge is 0.253 e. The van der Waals surface area contributed by atoms with Crippen LogP contribution in [-0.4, -0.2) is 16.9 Å². The molecule has 0 saturated heterocycles. The Morgan fingerprint density at radius 1 is 1.39 bits per heavy atom. The molecule has 0 radical (unpaired) electrons. The third-order valence-electron chi connectivity index (χ3n) is 2.43. The minimum Gasteiger partial charge on any atom is -0.392 e. The number of rotatable bonds is 4. The molecule has 1 aromatic carbocycles. The molecule has 3 N–H and O–H groups in total. The third kappa shape index (κ3) is 3.83. The van der Waals surface area contributed by atoms with E-state index in [2.05, 4.69) is 5.32 Å². The van der Waals surface area contributed by atoms with E-state index in [-0.39, 0.29) is 22.9 Å². The van der Waals surface area contributed by atoms with Crippen molar-refractivity contribution in [2.24, 2.45) is 11.7 Å². The van der Waals surface area contributed by atoms with Gasteiger partial charge < -0.3 is 11.1 Å². The van der Waals surface area contributed by atoms with E-state index in [1.807, 2.05) is 13.8 Å². The summed E-state index contributed by atoms with van der Waals surface area (Å²) in [5, 5.41) is 3.53. The number of hydrogen-bond acceptors (Lipinski definition) is 2. The monoisotopic (exact) mass is 304 g/mol. The third-order valence-corrected chi connectivity index (χ3v) is 3.25. The molecule has 1 amide bonds. The van der Waals surface area contributed by atoms with Gasteiger partial charge in [-0.05, 0) is 24.1 Å². The van der Waals surface area contributed by atoms with Gasteiger partial charge in [-0.2, -0.15) is 0 Å². The van der Waals surface area contributed by atoms with E-state index in [0.29, 0.717) is 15.6 Å². The highest BCUT2D eigenvalue weighted by Crippen LogP contribution is 2.20. The lowest BCUT2D eigenvalue weighted by Crippen LogP contribution is -2.46. The van der Waals surface area contributed by atoms with Crippen molar-refractivity contribution < 1.29 is 4.79 Å². The number of carbonyl (C=O) groups excluding carboxylic acids is 1. The van der Waals surface area contributed by atoms with Crippen LogP contribution in [0.1, 0.15) is 24.2 Å². The number of hydrogen-bond donors (Lipinski definition) is 2. The molecule has 1 unspecified atom stereocenters. The second-order valence-electron chi connectivity index (χ2n) is 4.22. The van der Waals surface area contributed by atoms with Crippen molar-refractivity contribution in [3.05, 3.63) is 33.8 Å². The molecular formula is C12H14Cl2N2OS. The molecule has 3 nitrogen and oxygen atoms in total. The van der Waals surface area contributed by atoms with Crippen molar-refractivity contribution >= 4 is 46.3 Å². The molecular weight excluding hydrogens is 291 g/mol. The standard InChI is InChI=1S/C12H14Cl2N2OS/c1-6(2)10(11(15)18)16-12(17)8-5-7(13)3-4-9(8)14/h3-6,10H,1-2H3,(H2,15,18)(H,16,17). The predicted octanol–water partition coefficient (Wildman–Crippen LogP) is 3.03. The van der Waals surface area contributed by atoms with Crippen LogP contribution in [0.15, 0.2) is 18.2 Å². The maximum absolute atomic E-state index is 12.1. The normalized spacial score (nSPS) is 12.3. The molecule has 0 saturated carbocycles. The molecule has 1 rings (SSSR count). The Balaban J connectivity index is 2.94. The lowest BCUT2D eigenvalue weighted by Gasteiger charge is -2.21. The Labute approximate surface area is 122 Å². The lowest BCUT2D eigenvalue weighted by atomic mass is 10.0. The average Bonchev–Trinajstić information content (AvgIpc) is 2.28. The number of benzene rings is 1. The van der Waals surface area contributed by atoms with Crippen molar-refractivity contribution in [1.82, 2.24) is 5.32 Å². The van der Waals surface area contributed by atoms with E-state index in [4.69, 9.17) is 41.2 Å². The van der Waals surface area contributed by atoms with Gasteiger partial charge in [0, 0.05) is 5.02 Å². The predicted molar refractivity (Wildman–Crippen MR) is 79.3 cm³/mol. The quantitative estimate of drug-likeness (QED) is 0.841. The number of amides is 1. The Bertz CT molecular complexity index is 477. The van der Waals surface area contributed by atoms with Gasteiger partial charge in [-0.15, -0.1) is 0 Å². The van der Waals surface area contributed by atoms with Crippen molar-refractivity contribution in [1.29, 1.82) is 0 Å². The van der Waals surface area contributed by atoms with Crippen LogP contribution in [0.25, 0.3) is 0 Å². The summed E-state index contributed by atoms with van der Waals surface area (Å²) < 4.78 is 0. The Hall–Kier alpha value is -0.840. The molecule has 18 heavy (non-hydrogen) atoms. The molecule has 0 bridgehead atoms. The fourth-order valence-corrected chi connectivity index (χ4v) is 2.16. The first-order valence-electron chi connectivity index (χ1n) is 5.38. The molecule has 0 aliphatic rings. The van der Waals surface area contributed by atoms with E-state index in [1.54, 1.807) is 12.1 Å². The summed E-state index contributed by atoms with van der Waals surface area (Å²) >= 11 is 16.7. The molecule has 98 valence electrons. The van der Waals surface area contributed by atoms with Crippen molar-refractivity contribution in [2.75, 3.05) is 0 Å². The number of halogens is 2. The summed E-state index contributed by atoms with van der Waals surface area (Å²) in [4.78, 5) is 12.3. The van der Waals surface area contributed by atoms with Gasteiger partial charge in [0.15, 0.2) is 0 Å². The average molecular weight is 305 g/mol. The second kappa shape index (κ2) is 6.36. The first-order valence-corrected chi connectivity index (χ1v) is 6.54. The SMILES string of the molecule is CC(C)C(NC(=O)c1cc(Cl)ccc1Cl)C(N)=S. The zero-order chi connectivity index (χ0) is 13.9. The lowest BCUT2D eigenvalue weighted by molar-refractivity contribution is 0.0940. The zero-order valence-electron chi connectivity index (χ0n) is 10.0. The van der Waals surface area contributed by atoms with Gasteiger partial charge in [-0.1, -0.05) is 49.3 Å². The fraction of sp³-hybridized carbons (Fsp3) is 0.333. The highest BCUT2D eigenvalue weighted by atomic mass is 35.5. The van der Waals surface area contributed by atoms with Crippen LogP contribution in [0.5, 0.6) is 0 Å². The molecule has 0 fully saturated rings. The number of nitrogens with one attached hydrogen (secondary N) is 1. The van der Waals surface area contributed by atoms with Crippen LogP contribution in [0.4, 0.5) is 0 Å². The molecule has 0 spiro atoms. The van der Waals surface area contributed by atoms with Crippen LogP contribution in [0.2, 0.25) is 10.0 Å². The van der Waals surface area contributed by atoms with E-state index in [1.165, 1.54) is 6.07 Å². The van der Waals surface area contributed by atoms with E-state index >= 15 is 0 Å². The highest BCUT2D eigenvalue weighted by Gasteiger charge is 2.21. The molecule has 0 aromatic heterocycles. The molecule has 0 aliphatic heterocycles. The van der Waals surface area contributed by atoms with Gasteiger partial charge in [0.05, 0.1) is 21.6 Å². The van der Waals surface area contributed by atoms with Crippen molar-refractivity contribution in [2.45, 2.75) is 19.9 Å². The number of thiocarbonyl (C=S) groups is 1. The van der Waals surface area contributed by atoms with Gasteiger partial charge in [0.1, 0.15) is 0 Å². The topological polar surface area (TPSA) is 55.1 Å². The number of nitrogens with two attached hydrogens (primary N) is 1. The summed E-state index contributed by atoms with van der Waals surface area (Å²) in [5.74, 6) is -0.238. The number of carbonyl (C=O) groups is 1. The van der Waals surface area contributed by atoms with E-state index in [9.17, 15) is 4.79 Å². The Kier molecular flexibility index (Phi) is 5.38. The van der Waals surface area contributed by atoms with E-state index < -0.39 is 0 Å². The second-order valence-corrected chi connectivity index (χ2v) is 5.54. The fourth-order valence-electron chi connectivity index (χ4n) is 1.46. The first kappa shape index (κ1) is 15.2. The molecule has 6 heteroatoms. The first-order chi connectivity index (χ1) is 8.32. The Morgan fingerprint density at radius 3 is 2.50 bits per heavy atom. The molecule has 1 atom stereocenters. The van der Waals surface area contributed by atoms with Crippen LogP contribution in [0, 0.1) is 5.92 Å².